The number of nitrogens with zero attached hydrogens (tertiary/aromatic N) is 2. The lowest BCUT2D eigenvalue weighted by molar-refractivity contribution is 0.394. The summed E-state index contributed by atoms with van der Waals surface area (Å²) in [6, 6.07) is 0. The molecule has 0 radical (unpaired) electrons. The van der Waals surface area contributed by atoms with Gasteiger partial charge in [0.05, 0.1) is 11.3 Å². The average Bonchev–Trinajstić information content (AvgIpc) is 2.33. The Hall–Kier alpha value is -1.10. The van der Waals surface area contributed by atoms with Crippen molar-refractivity contribution >= 4 is 17.6 Å². The van der Waals surface area contributed by atoms with Crippen molar-refractivity contribution in [2.75, 3.05) is 0 Å². The predicted molar refractivity (Wildman–Crippen MR) is 79.8 cm³/mol. The number of aromatic nitrogens is 2. The smallest absolute Gasteiger partial charge is 0.130 e. The molecule has 4 nitrogen and oxygen atoms in total. The van der Waals surface area contributed by atoms with E-state index >= 15 is 0 Å². The van der Waals surface area contributed by atoms with Gasteiger partial charge in [0.25, 0.3) is 0 Å². The van der Waals surface area contributed by atoms with E-state index in [4.69, 9.17) is 11.1 Å². The molecule has 1 fully saturated rings. The third-order valence-electron chi connectivity index (χ3n) is 3.86. The van der Waals surface area contributed by atoms with Crippen molar-refractivity contribution in [3.8, 4) is 0 Å². The Morgan fingerprint density at radius 2 is 2.05 bits per heavy atom. The lowest BCUT2D eigenvalue weighted by Gasteiger charge is -2.26. The highest BCUT2D eigenvalue weighted by atomic mass is 32.2. The number of nitrogens with two attached hydrogens (primary N) is 1. The average molecular weight is 278 g/mol. The Balaban J connectivity index is 2.24. The fourth-order valence-corrected chi connectivity index (χ4v) is 4.12. The molecule has 1 heterocycles. The summed E-state index contributed by atoms with van der Waals surface area (Å²) < 4.78 is 0. The summed E-state index contributed by atoms with van der Waals surface area (Å²) in [6.45, 7) is 6.19. The molecule has 1 saturated carbocycles. The van der Waals surface area contributed by atoms with E-state index in [1.807, 2.05) is 13.8 Å². The number of rotatable bonds is 3. The first-order chi connectivity index (χ1) is 8.99. The van der Waals surface area contributed by atoms with E-state index in [2.05, 4.69) is 17.1 Å². The first-order valence-electron chi connectivity index (χ1n) is 6.84. The summed E-state index contributed by atoms with van der Waals surface area (Å²) in [6.07, 6.45) is 5.05. The van der Waals surface area contributed by atoms with Crippen LogP contribution in [-0.2, 0) is 0 Å². The number of amidine groups is 1. The number of nitrogen functional groups attached to an aromatic ring is 1. The molecule has 1 aliphatic carbocycles. The van der Waals surface area contributed by atoms with Crippen LogP contribution in [0.5, 0.6) is 0 Å². The molecule has 0 aromatic carbocycles. The molecule has 5 heteroatoms. The predicted octanol–water partition coefficient (Wildman–Crippen LogP) is 3.05. The van der Waals surface area contributed by atoms with Crippen LogP contribution in [0.15, 0.2) is 5.03 Å². The molecule has 0 bridgehead atoms. The van der Waals surface area contributed by atoms with Crippen molar-refractivity contribution in [1.29, 1.82) is 5.41 Å². The Kier molecular flexibility index (Phi) is 4.45. The Morgan fingerprint density at radius 3 is 2.68 bits per heavy atom. The highest BCUT2D eigenvalue weighted by molar-refractivity contribution is 7.99. The van der Waals surface area contributed by atoms with Gasteiger partial charge in [0.15, 0.2) is 0 Å². The van der Waals surface area contributed by atoms with Crippen LogP contribution in [0, 0.1) is 25.2 Å². The van der Waals surface area contributed by atoms with Gasteiger partial charge in [0.1, 0.15) is 10.9 Å². The summed E-state index contributed by atoms with van der Waals surface area (Å²) in [5.74, 6) is 0.883. The van der Waals surface area contributed by atoms with Crippen molar-refractivity contribution in [2.24, 2.45) is 11.7 Å². The molecule has 1 aromatic heterocycles. The van der Waals surface area contributed by atoms with Crippen molar-refractivity contribution in [3.05, 3.63) is 16.8 Å². The van der Waals surface area contributed by atoms with Gasteiger partial charge in [-0.3, -0.25) is 5.41 Å². The largest absolute Gasteiger partial charge is 0.384 e. The molecule has 1 aliphatic rings. The van der Waals surface area contributed by atoms with E-state index in [0.717, 1.165) is 27.8 Å². The van der Waals surface area contributed by atoms with E-state index in [1.165, 1.54) is 25.7 Å². The van der Waals surface area contributed by atoms with Crippen molar-refractivity contribution in [3.63, 3.8) is 0 Å². The minimum Gasteiger partial charge on any atom is -0.384 e. The minimum atomic E-state index is 0.0989. The fraction of sp³-hybridized carbons (Fsp3) is 0.643. The molecule has 2 unspecified atom stereocenters. The van der Waals surface area contributed by atoms with Gasteiger partial charge in [0.2, 0.25) is 0 Å². The molecule has 1 aromatic rings. The van der Waals surface area contributed by atoms with Crippen molar-refractivity contribution in [2.45, 2.75) is 56.7 Å². The van der Waals surface area contributed by atoms with Gasteiger partial charge in [-0.05, 0) is 38.2 Å². The first-order valence-corrected chi connectivity index (χ1v) is 7.72. The second kappa shape index (κ2) is 5.90. The molecule has 2 rings (SSSR count). The molecule has 104 valence electrons. The van der Waals surface area contributed by atoms with Crippen LogP contribution >= 0.6 is 11.8 Å². The SMILES string of the molecule is Cc1nnc(SC2CCCC(C)C2)c(C(=N)N)c1C. The molecule has 0 amide bonds. The number of aryl methyl sites for hydroxylation is 1. The van der Waals surface area contributed by atoms with Gasteiger partial charge in [-0.15, -0.1) is 16.9 Å². The monoisotopic (exact) mass is 278 g/mol. The van der Waals surface area contributed by atoms with Crippen LogP contribution in [0.4, 0.5) is 0 Å². The van der Waals surface area contributed by atoms with Gasteiger partial charge >= 0.3 is 0 Å². The van der Waals surface area contributed by atoms with Gasteiger partial charge in [-0.1, -0.05) is 19.8 Å². The third-order valence-corrected chi connectivity index (χ3v) is 5.13. The summed E-state index contributed by atoms with van der Waals surface area (Å²) in [5.41, 5.74) is 8.33. The zero-order chi connectivity index (χ0) is 14.0. The number of hydrogen-bond donors (Lipinski definition) is 2. The second-order valence-corrected chi connectivity index (χ2v) is 6.80. The van der Waals surface area contributed by atoms with Crippen LogP contribution in [0.2, 0.25) is 0 Å². The lowest BCUT2D eigenvalue weighted by atomic mass is 9.91. The zero-order valence-corrected chi connectivity index (χ0v) is 12.7. The summed E-state index contributed by atoms with van der Waals surface area (Å²) in [5, 5.41) is 17.6. The Labute approximate surface area is 119 Å². The van der Waals surface area contributed by atoms with E-state index in [1.54, 1.807) is 11.8 Å². The summed E-state index contributed by atoms with van der Waals surface area (Å²) in [4.78, 5) is 0. The molecule has 3 N–H and O–H groups in total. The molecular formula is C14H22N4S. The quantitative estimate of drug-likeness (QED) is 0.658. The normalized spacial score (nSPS) is 23.3. The van der Waals surface area contributed by atoms with Crippen molar-refractivity contribution < 1.29 is 0 Å². The lowest BCUT2D eigenvalue weighted by Crippen LogP contribution is -2.19. The van der Waals surface area contributed by atoms with Crippen LogP contribution in [0.25, 0.3) is 0 Å². The molecule has 19 heavy (non-hydrogen) atoms. The fourth-order valence-electron chi connectivity index (χ4n) is 2.63. The molecule has 0 aliphatic heterocycles. The van der Waals surface area contributed by atoms with Crippen LogP contribution < -0.4 is 5.73 Å². The highest BCUT2D eigenvalue weighted by Crippen LogP contribution is 2.37. The number of hydrogen-bond acceptors (Lipinski definition) is 4. The Morgan fingerprint density at radius 1 is 1.32 bits per heavy atom. The van der Waals surface area contributed by atoms with Crippen LogP contribution in [0.1, 0.15) is 49.4 Å². The van der Waals surface area contributed by atoms with Gasteiger partial charge in [0, 0.05) is 5.25 Å². The third kappa shape index (κ3) is 3.26. The molecule has 2 atom stereocenters. The van der Waals surface area contributed by atoms with Gasteiger partial charge < -0.3 is 5.73 Å². The summed E-state index contributed by atoms with van der Waals surface area (Å²) >= 11 is 1.75. The van der Waals surface area contributed by atoms with Crippen LogP contribution in [-0.4, -0.2) is 21.3 Å². The second-order valence-electron chi connectivity index (χ2n) is 5.52. The van der Waals surface area contributed by atoms with Crippen LogP contribution in [0.3, 0.4) is 0 Å². The maximum atomic E-state index is 7.77. The molecule has 0 spiro atoms. The summed E-state index contributed by atoms with van der Waals surface area (Å²) in [7, 11) is 0. The van der Waals surface area contributed by atoms with Gasteiger partial charge in [-0.2, -0.15) is 5.10 Å². The van der Waals surface area contributed by atoms with E-state index < -0.39 is 0 Å². The number of nitrogens with one attached hydrogen (secondary N) is 1. The maximum absolute atomic E-state index is 7.77. The minimum absolute atomic E-state index is 0.0989. The Bertz CT molecular complexity index is 487. The topological polar surface area (TPSA) is 75.7 Å². The van der Waals surface area contributed by atoms with E-state index in [-0.39, 0.29) is 5.84 Å². The van der Waals surface area contributed by atoms with E-state index in [9.17, 15) is 0 Å². The maximum Gasteiger partial charge on any atom is 0.130 e. The zero-order valence-electron chi connectivity index (χ0n) is 11.9. The van der Waals surface area contributed by atoms with Crippen molar-refractivity contribution in [1.82, 2.24) is 10.2 Å². The first kappa shape index (κ1) is 14.3. The molecule has 0 saturated heterocycles. The standard InChI is InChI=1S/C14H22N4S/c1-8-5-4-6-11(7-8)19-14-12(13(15)16)9(2)10(3)17-18-14/h8,11H,4-7H2,1-3H3,(H3,15,16). The van der Waals surface area contributed by atoms with Gasteiger partial charge in [-0.25, -0.2) is 0 Å². The number of thioether (sulfide) groups is 1. The molecular weight excluding hydrogens is 256 g/mol. The van der Waals surface area contributed by atoms with E-state index in [0.29, 0.717) is 5.25 Å². The highest BCUT2D eigenvalue weighted by Gasteiger charge is 2.23.